The normalized spacial score (nSPS) is 14.8. The summed E-state index contributed by atoms with van der Waals surface area (Å²) in [5.74, 6) is 1.02. The summed E-state index contributed by atoms with van der Waals surface area (Å²) in [6, 6.07) is 20.7. The molecule has 0 saturated carbocycles. The van der Waals surface area contributed by atoms with E-state index in [0.29, 0.717) is 23.1 Å². The van der Waals surface area contributed by atoms with E-state index in [4.69, 9.17) is 21.4 Å². The summed E-state index contributed by atoms with van der Waals surface area (Å²) in [4.78, 5) is 32.7. The number of fused-ring (bicyclic) bond motifs is 1. The Morgan fingerprint density at radius 1 is 1.07 bits per heavy atom. The molecule has 6 rings (SSSR count). The van der Waals surface area contributed by atoms with Gasteiger partial charge in [-0.3, -0.25) is 19.5 Å². The van der Waals surface area contributed by atoms with Crippen LogP contribution >= 0.6 is 34.7 Å². The fraction of sp³-hybridized carbons (Fsp3) is 0.161. The number of thiophene rings is 1. The number of rotatable bonds is 8. The molecule has 4 heterocycles. The van der Waals surface area contributed by atoms with Crippen LogP contribution in [0.25, 0.3) is 16.9 Å². The van der Waals surface area contributed by atoms with E-state index < -0.39 is 0 Å². The molecule has 0 aliphatic carbocycles. The highest BCUT2D eigenvalue weighted by Crippen LogP contribution is 2.49. The Hall–Kier alpha value is -4.12. The number of nitrogens with zero attached hydrogens (tertiary/aromatic N) is 4. The van der Waals surface area contributed by atoms with Crippen molar-refractivity contribution in [1.29, 1.82) is 0 Å². The Balaban J connectivity index is 1.50. The molecule has 0 fully saturated rings. The van der Waals surface area contributed by atoms with Crippen molar-refractivity contribution in [2.45, 2.75) is 11.8 Å². The standard InChI is InChI=1S/C31H26ClN5O3S2/c1-40-25-8-6-24(7-9-25)37-31-28(29(35-37)21-2-4-23(32)5-3-21)30(22-12-15-41-18-22)42-19-27(39)36(31)17-26(38)34-16-20-10-13-33-14-11-20/h2-15,18,30H,16-17,19H2,1H3,(H,34,38)/t30-/m0/s1. The maximum absolute atomic E-state index is 13.8. The molecule has 5 aromatic rings. The van der Waals surface area contributed by atoms with Gasteiger partial charge in [-0.15, -0.1) is 11.8 Å². The van der Waals surface area contributed by atoms with Crippen molar-refractivity contribution in [2.75, 3.05) is 24.3 Å². The monoisotopic (exact) mass is 615 g/mol. The fourth-order valence-electron chi connectivity index (χ4n) is 4.83. The lowest BCUT2D eigenvalue weighted by molar-refractivity contribution is -0.123. The van der Waals surface area contributed by atoms with Crippen LogP contribution < -0.4 is 15.0 Å². The summed E-state index contributed by atoms with van der Waals surface area (Å²) in [6.07, 6.45) is 3.36. The molecule has 0 bridgehead atoms. The van der Waals surface area contributed by atoms with E-state index in [-0.39, 0.29) is 29.4 Å². The van der Waals surface area contributed by atoms with Gasteiger partial charge in [0.05, 0.1) is 29.5 Å². The average molecular weight is 616 g/mol. The Morgan fingerprint density at radius 3 is 2.52 bits per heavy atom. The third kappa shape index (κ3) is 5.78. The highest BCUT2D eigenvalue weighted by Gasteiger charge is 2.37. The van der Waals surface area contributed by atoms with E-state index in [1.54, 1.807) is 40.4 Å². The molecule has 212 valence electrons. The number of thioether (sulfide) groups is 1. The van der Waals surface area contributed by atoms with Crippen molar-refractivity contribution >= 4 is 52.3 Å². The third-order valence-electron chi connectivity index (χ3n) is 6.91. The topological polar surface area (TPSA) is 89.3 Å². The molecular formula is C31H26ClN5O3S2. The number of halogens is 1. The van der Waals surface area contributed by atoms with Gasteiger partial charge in [0, 0.05) is 35.1 Å². The summed E-state index contributed by atoms with van der Waals surface area (Å²) in [5.41, 5.74) is 5.18. The van der Waals surface area contributed by atoms with Crippen molar-refractivity contribution in [3.8, 4) is 22.7 Å². The number of pyridine rings is 1. The van der Waals surface area contributed by atoms with Gasteiger partial charge in [0.15, 0.2) is 0 Å². The molecule has 42 heavy (non-hydrogen) atoms. The first-order valence-electron chi connectivity index (χ1n) is 13.1. The predicted molar refractivity (Wildman–Crippen MR) is 168 cm³/mol. The third-order valence-corrected chi connectivity index (χ3v) is 9.12. The second kappa shape index (κ2) is 12.4. The Kier molecular flexibility index (Phi) is 8.27. The zero-order valence-electron chi connectivity index (χ0n) is 22.6. The minimum Gasteiger partial charge on any atom is -0.497 e. The highest BCUT2D eigenvalue weighted by atomic mass is 35.5. The van der Waals surface area contributed by atoms with Gasteiger partial charge in [0.1, 0.15) is 18.1 Å². The second-order valence-electron chi connectivity index (χ2n) is 9.56. The van der Waals surface area contributed by atoms with E-state index in [9.17, 15) is 9.59 Å². The van der Waals surface area contributed by atoms with Gasteiger partial charge < -0.3 is 10.1 Å². The number of carbonyl (C=O) groups excluding carboxylic acids is 2. The molecule has 1 aliphatic heterocycles. The molecule has 2 amide bonds. The summed E-state index contributed by atoms with van der Waals surface area (Å²) in [6.45, 7) is 0.173. The number of anilines is 1. The SMILES string of the molecule is COc1ccc(-n2nc(-c3ccc(Cl)cc3)c3c2N(CC(=O)NCc2ccncc2)C(=O)CS[C@H]3c2ccsc2)cc1. The van der Waals surface area contributed by atoms with Gasteiger partial charge in [-0.05, 0) is 76.5 Å². The summed E-state index contributed by atoms with van der Waals surface area (Å²) < 4.78 is 7.14. The Morgan fingerprint density at radius 2 is 1.83 bits per heavy atom. The first kappa shape index (κ1) is 28.0. The van der Waals surface area contributed by atoms with Crippen LogP contribution in [0.15, 0.2) is 89.9 Å². The molecular weight excluding hydrogens is 590 g/mol. The number of carbonyl (C=O) groups is 2. The molecule has 0 saturated heterocycles. The Bertz CT molecular complexity index is 1690. The van der Waals surface area contributed by atoms with Gasteiger partial charge in [-0.2, -0.15) is 16.4 Å². The number of benzene rings is 2. The van der Waals surface area contributed by atoms with Crippen molar-refractivity contribution < 1.29 is 14.3 Å². The molecule has 11 heteroatoms. The quantitative estimate of drug-likeness (QED) is 0.225. The van der Waals surface area contributed by atoms with Crippen molar-refractivity contribution in [1.82, 2.24) is 20.1 Å². The number of nitrogens with one attached hydrogen (secondary N) is 1. The van der Waals surface area contributed by atoms with Gasteiger partial charge in [-0.25, -0.2) is 4.68 Å². The lowest BCUT2D eigenvalue weighted by Gasteiger charge is -2.23. The van der Waals surface area contributed by atoms with Crippen molar-refractivity contribution in [3.63, 3.8) is 0 Å². The zero-order valence-corrected chi connectivity index (χ0v) is 25.0. The first-order chi connectivity index (χ1) is 20.5. The van der Waals surface area contributed by atoms with E-state index in [2.05, 4.69) is 21.7 Å². The smallest absolute Gasteiger partial charge is 0.240 e. The predicted octanol–water partition coefficient (Wildman–Crippen LogP) is 6.14. The van der Waals surface area contributed by atoms with E-state index >= 15 is 0 Å². The summed E-state index contributed by atoms with van der Waals surface area (Å²) in [5, 5.41) is 12.6. The maximum Gasteiger partial charge on any atom is 0.240 e. The zero-order chi connectivity index (χ0) is 29.1. The molecule has 8 nitrogen and oxygen atoms in total. The average Bonchev–Trinajstić information content (AvgIpc) is 3.67. The van der Waals surface area contributed by atoms with E-state index in [1.165, 1.54) is 11.8 Å². The lowest BCUT2D eigenvalue weighted by atomic mass is 10.0. The van der Waals surface area contributed by atoms with Crippen LogP contribution in [0.3, 0.4) is 0 Å². The molecule has 0 spiro atoms. The second-order valence-corrected chi connectivity index (χ2v) is 11.9. The molecule has 1 atom stereocenters. The van der Waals surface area contributed by atoms with Crippen molar-refractivity contribution in [2.24, 2.45) is 0 Å². The van der Waals surface area contributed by atoms with Crippen LogP contribution in [0.2, 0.25) is 5.02 Å². The molecule has 0 unspecified atom stereocenters. The van der Waals surface area contributed by atoms with Crippen LogP contribution in [-0.4, -0.2) is 46.0 Å². The van der Waals surface area contributed by atoms with Crippen LogP contribution in [0.1, 0.15) is 21.9 Å². The highest BCUT2D eigenvalue weighted by molar-refractivity contribution is 8.00. The summed E-state index contributed by atoms with van der Waals surface area (Å²) in [7, 11) is 1.61. The lowest BCUT2D eigenvalue weighted by Crippen LogP contribution is -2.42. The van der Waals surface area contributed by atoms with Gasteiger partial charge in [0.25, 0.3) is 0 Å². The minimum absolute atomic E-state index is 0.157. The number of hydrogen-bond donors (Lipinski definition) is 1. The number of amides is 2. The van der Waals surface area contributed by atoms with Crippen molar-refractivity contribution in [3.05, 3.63) is 112 Å². The van der Waals surface area contributed by atoms with Gasteiger partial charge in [0.2, 0.25) is 11.8 Å². The largest absolute Gasteiger partial charge is 0.497 e. The number of methoxy groups -OCH3 is 1. The number of ether oxygens (including phenoxy) is 1. The van der Waals surface area contributed by atoms with Crippen LogP contribution in [0.4, 0.5) is 5.82 Å². The van der Waals surface area contributed by atoms with Gasteiger partial charge in [-0.1, -0.05) is 23.7 Å². The van der Waals surface area contributed by atoms with Gasteiger partial charge >= 0.3 is 0 Å². The van der Waals surface area contributed by atoms with Crippen LogP contribution in [0, 0.1) is 0 Å². The fourth-order valence-corrected chi connectivity index (χ4v) is 6.92. The Labute approximate surface area is 256 Å². The molecule has 1 aliphatic rings. The number of aromatic nitrogens is 3. The molecule has 1 N–H and O–H groups in total. The maximum atomic E-state index is 13.8. The molecule has 3 aromatic heterocycles. The first-order valence-corrected chi connectivity index (χ1v) is 15.5. The van der Waals surface area contributed by atoms with E-state index in [1.807, 2.05) is 66.0 Å². The minimum atomic E-state index is -0.277. The number of hydrogen-bond acceptors (Lipinski definition) is 7. The summed E-state index contributed by atoms with van der Waals surface area (Å²) >= 11 is 9.38. The van der Waals surface area contributed by atoms with Crippen LogP contribution in [-0.2, 0) is 16.1 Å². The van der Waals surface area contributed by atoms with Crippen LogP contribution in [0.5, 0.6) is 5.75 Å². The molecule has 2 aromatic carbocycles. The molecule has 0 radical (unpaired) electrons. The van der Waals surface area contributed by atoms with E-state index in [0.717, 1.165) is 33.6 Å².